The van der Waals surface area contributed by atoms with Crippen molar-refractivity contribution in [3.05, 3.63) is 17.7 Å². The Labute approximate surface area is 78.4 Å². The van der Waals surface area contributed by atoms with Gasteiger partial charge in [0.25, 0.3) is 0 Å². The molecule has 3 nitrogen and oxygen atoms in total. The molecule has 0 saturated carbocycles. The van der Waals surface area contributed by atoms with Crippen LogP contribution in [0, 0.1) is 0 Å². The van der Waals surface area contributed by atoms with E-state index in [1.165, 1.54) is 0 Å². The van der Waals surface area contributed by atoms with Crippen LogP contribution in [0.2, 0.25) is 0 Å². The summed E-state index contributed by atoms with van der Waals surface area (Å²) in [6.07, 6.45) is 5.64. The summed E-state index contributed by atoms with van der Waals surface area (Å²) in [6, 6.07) is 0. The Morgan fingerprint density at radius 2 is 2.54 bits per heavy atom. The van der Waals surface area contributed by atoms with Gasteiger partial charge in [-0.25, -0.2) is 4.98 Å². The smallest absolute Gasteiger partial charge is 0.108 e. The number of aryl methyl sites for hydroxylation is 1. The highest BCUT2D eigenvalue weighted by Gasteiger charge is 2.20. The third kappa shape index (κ3) is 1.48. The molecule has 13 heavy (non-hydrogen) atoms. The molecule has 1 aromatic heterocycles. The highest BCUT2D eigenvalue weighted by atomic mass is 16.3. The monoisotopic (exact) mass is 180 g/mol. The minimum Gasteiger partial charge on any atom is -0.387 e. The third-order valence-electron chi connectivity index (χ3n) is 2.64. The van der Waals surface area contributed by atoms with Gasteiger partial charge in [-0.05, 0) is 19.3 Å². The number of aliphatic hydroxyl groups excluding tert-OH is 1. The van der Waals surface area contributed by atoms with Crippen molar-refractivity contribution in [2.45, 2.75) is 45.3 Å². The van der Waals surface area contributed by atoms with Gasteiger partial charge in [-0.2, -0.15) is 0 Å². The molecule has 3 heteroatoms. The molecule has 1 atom stereocenters. The Morgan fingerprint density at radius 1 is 1.69 bits per heavy atom. The zero-order chi connectivity index (χ0) is 9.26. The molecule has 0 amide bonds. The van der Waals surface area contributed by atoms with Crippen LogP contribution < -0.4 is 0 Å². The first-order valence-electron chi connectivity index (χ1n) is 5.05. The topological polar surface area (TPSA) is 38.0 Å². The number of aliphatic hydroxyl groups is 1. The SMILES string of the molecule is CCCc1ncc2n1CCCC2O. The molecule has 72 valence electrons. The van der Waals surface area contributed by atoms with Crippen LogP contribution in [-0.2, 0) is 13.0 Å². The number of nitrogens with zero attached hydrogens (tertiary/aromatic N) is 2. The summed E-state index contributed by atoms with van der Waals surface area (Å²) < 4.78 is 2.18. The van der Waals surface area contributed by atoms with Gasteiger partial charge in [0, 0.05) is 13.0 Å². The lowest BCUT2D eigenvalue weighted by atomic mass is 10.1. The molecule has 1 aliphatic rings. The number of hydrogen-bond donors (Lipinski definition) is 1. The van der Waals surface area contributed by atoms with Crippen molar-refractivity contribution in [2.75, 3.05) is 0 Å². The number of fused-ring (bicyclic) bond motifs is 1. The fourth-order valence-electron chi connectivity index (χ4n) is 1.97. The van der Waals surface area contributed by atoms with Gasteiger partial charge >= 0.3 is 0 Å². The zero-order valence-electron chi connectivity index (χ0n) is 8.03. The molecule has 0 spiro atoms. The van der Waals surface area contributed by atoms with E-state index in [0.29, 0.717) is 0 Å². The van der Waals surface area contributed by atoms with Crippen molar-refractivity contribution in [3.63, 3.8) is 0 Å². The normalized spacial score (nSPS) is 21.5. The van der Waals surface area contributed by atoms with Gasteiger partial charge in [0.15, 0.2) is 0 Å². The van der Waals surface area contributed by atoms with Gasteiger partial charge in [-0.1, -0.05) is 6.92 Å². The van der Waals surface area contributed by atoms with E-state index >= 15 is 0 Å². The molecular formula is C10H16N2O. The Bertz CT molecular complexity index is 293. The maximum Gasteiger partial charge on any atom is 0.108 e. The van der Waals surface area contributed by atoms with Crippen molar-refractivity contribution in [3.8, 4) is 0 Å². The molecule has 0 aliphatic carbocycles. The molecule has 0 radical (unpaired) electrons. The Balaban J connectivity index is 2.30. The Morgan fingerprint density at radius 3 is 3.31 bits per heavy atom. The van der Waals surface area contributed by atoms with E-state index in [-0.39, 0.29) is 6.10 Å². The minimum absolute atomic E-state index is 0.285. The van der Waals surface area contributed by atoms with Crippen LogP contribution in [0.5, 0.6) is 0 Å². The number of aromatic nitrogens is 2. The summed E-state index contributed by atoms with van der Waals surface area (Å²) in [5.74, 6) is 1.14. The second-order valence-corrected chi connectivity index (χ2v) is 3.66. The first kappa shape index (κ1) is 8.75. The summed E-state index contributed by atoms with van der Waals surface area (Å²) >= 11 is 0. The van der Waals surface area contributed by atoms with Crippen molar-refractivity contribution in [2.24, 2.45) is 0 Å². The average Bonchev–Trinajstić information content (AvgIpc) is 2.51. The van der Waals surface area contributed by atoms with E-state index in [9.17, 15) is 5.11 Å². The van der Waals surface area contributed by atoms with Crippen LogP contribution in [0.4, 0.5) is 0 Å². The lowest BCUT2D eigenvalue weighted by Gasteiger charge is -2.21. The molecule has 0 saturated heterocycles. The van der Waals surface area contributed by atoms with Gasteiger partial charge in [-0.15, -0.1) is 0 Å². The molecule has 0 bridgehead atoms. The van der Waals surface area contributed by atoms with Crippen molar-refractivity contribution < 1.29 is 5.11 Å². The largest absolute Gasteiger partial charge is 0.387 e. The van der Waals surface area contributed by atoms with E-state index in [4.69, 9.17) is 0 Å². The van der Waals surface area contributed by atoms with Crippen molar-refractivity contribution >= 4 is 0 Å². The van der Waals surface area contributed by atoms with Crippen LogP contribution in [0.15, 0.2) is 6.20 Å². The molecular weight excluding hydrogens is 164 g/mol. The standard InChI is InChI=1S/C10H16N2O/c1-2-4-10-11-7-8-9(13)5-3-6-12(8)10/h7,9,13H,2-6H2,1H3. The Kier molecular flexibility index (Phi) is 2.36. The lowest BCUT2D eigenvalue weighted by molar-refractivity contribution is 0.138. The summed E-state index contributed by atoms with van der Waals surface area (Å²) in [6.45, 7) is 3.18. The second-order valence-electron chi connectivity index (χ2n) is 3.66. The molecule has 1 unspecified atom stereocenters. The van der Waals surface area contributed by atoms with Crippen LogP contribution in [0.25, 0.3) is 0 Å². The third-order valence-corrected chi connectivity index (χ3v) is 2.64. The van der Waals surface area contributed by atoms with Crippen LogP contribution in [0.3, 0.4) is 0 Å². The quantitative estimate of drug-likeness (QED) is 0.751. The molecule has 2 heterocycles. The Hall–Kier alpha value is -0.830. The molecule has 0 aromatic carbocycles. The predicted molar refractivity (Wildman–Crippen MR) is 50.4 cm³/mol. The van der Waals surface area contributed by atoms with Gasteiger partial charge in [-0.3, -0.25) is 0 Å². The zero-order valence-corrected chi connectivity index (χ0v) is 8.03. The molecule has 1 aliphatic heterocycles. The average molecular weight is 180 g/mol. The number of imidazole rings is 1. The highest BCUT2D eigenvalue weighted by molar-refractivity contribution is 5.10. The first-order valence-corrected chi connectivity index (χ1v) is 5.05. The van der Waals surface area contributed by atoms with Crippen LogP contribution >= 0.6 is 0 Å². The molecule has 1 N–H and O–H groups in total. The summed E-state index contributed by atoms with van der Waals surface area (Å²) in [5, 5.41) is 9.68. The summed E-state index contributed by atoms with van der Waals surface area (Å²) in [5.41, 5.74) is 1.01. The molecule has 1 aromatic rings. The van der Waals surface area contributed by atoms with E-state index in [1.54, 1.807) is 0 Å². The molecule has 0 fully saturated rings. The van der Waals surface area contributed by atoms with Gasteiger partial charge in [0.2, 0.25) is 0 Å². The molecule has 2 rings (SSSR count). The van der Waals surface area contributed by atoms with E-state index in [1.807, 2.05) is 6.20 Å². The highest BCUT2D eigenvalue weighted by Crippen LogP contribution is 2.25. The van der Waals surface area contributed by atoms with Crippen LogP contribution in [0.1, 0.15) is 43.8 Å². The van der Waals surface area contributed by atoms with E-state index in [0.717, 1.165) is 43.7 Å². The van der Waals surface area contributed by atoms with Gasteiger partial charge in [0.05, 0.1) is 18.0 Å². The number of hydrogen-bond acceptors (Lipinski definition) is 2. The lowest BCUT2D eigenvalue weighted by Crippen LogP contribution is -2.16. The first-order chi connectivity index (χ1) is 6.33. The maximum absolute atomic E-state index is 9.68. The summed E-state index contributed by atoms with van der Waals surface area (Å²) in [7, 11) is 0. The fourth-order valence-corrected chi connectivity index (χ4v) is 1.97. The van der Waals surface area contributed by atoms with Gasteiger partial charge < -0.3 is 9.67 Å². The van der Waals surface area contributed by atoms with Crippen LogP contribution in [-0.4, -0.2) is 14.7 Å². The van der Waals surface area contributed by atoms with Crippen molar-refractivity contribution in [1.82, 2.24) is 9.55 Å². The minimum atomic E-state index is -0.285. The van der Waals surface area contributed by atoms with E-state index in [2.05, 4.69) is 16.5 Å². The fraction of sp³-hybridized carbons (Fsp3) is 0.700. The predicted octanol–water partition coefficient (Wildman–Crippen LogP) is 1.66. The van der Waals surface area contributed by atoms with E-state index < -0.39 is 0 Å². The maximum atomic E-state index is 9.68. The second kappa shape index (κ2) is 3.50. The van der Waals surface area contributed by atoms with Gasteiger partial charge in [0.1, 0.15) is 5.82 Å². The summed E-state index contributed by atoms with van der Waals surface area (Å²) in [4.78, 5) is 4.34. The van der Waals surface area contributed by atoms with Crippen molar-refractivity contribution in [1.29, 1.82) is 0 Å². The number of rotatable bonds is 2.